The molecule has 1 heterocycles. The second-order valence-electron chi connectivity index (χ2n) is 5.88. The Morgan fingerprint density at radius 1 is 1.11 bits per heavy atom. The standard InChI is InChI=1S/C16H22N2O/c17-16(19)13-7-9-18(10-8-13)15-6-5-12-3-1-2-4-14(12)11-15/h1-4,13,15H,5-11H2,(H2,17,19)/t15-/m1/s1. The molecule has 0 aromatic heterocycles. The lowest BCUT2D eigenvalue weighted by Gasteiger charge is -2.39. The van der Waals surface area contributed by atoms with Gasteiger partial charge >= 0.3 is 0 Å². The van der Waals surface area contributed by atoms with Crippen molar-refractivity contribution in [1.29, 1.82) is 0 Å². The number of fused-ring (bicyclic) bond motifs is 1. The maximum Gasteiger partial charge on any atom is 0.220 e. The summed E-state index contributed by atoms with van der Waals surface area (Å²) in [4.78, 5) is 13.8. The molecule has 1 amide bonds. The van der Waals surface area contributed by atoms with Gasteiger partial charge in [0.15, 0.2) is 0 Å². The molecule has 3 nitrogen and oxygen atoms in total. The molecule has 1 atom stereocenters. The first kappa shape index (κ1) is 12.7. The number of nitrogens with zero attached hydrogens (tertiary/aromatic N) is 1. The number of carbonyl (C=O) groups excluding carboxylic acids is 1. The highest BCUT2D eigenvalue weighted by atomic mass is 16.1. The molecule has 1 aromatic carbocycles. The maximum atomic E-state index is 11.2. The fraction of sp³-hybridized carbons (Fsp3) is 0.562. The smallest absolute Gasteiger partial charge is 0.220 e. The number of benzene rings is 1. The number of carbonyl (C=O) groups is 1. The van der Waals surface area contributed by atoms with Crippen molar-refractivity contribution in [2.24, 2.45) is 11.7 Å². The summed E-state index contributed by atoms with van der Waals surface area (Å²) in [5.41, 5.74) is 8.43. The zero-order valence-electron chi connectivity index (χ0n) is 11.3. The highest BCUT2D eigenvalue weighted by Gasteiger charge is 2.29. The molecule has 1 saturated heterocycles. The molecular formula is C16H22N2O. The van der Waals surface area contributed by atoms with Crippen LogP contribution in [-0.4, -0.2) is 29.9 Å². The van der Waals surface area contributed by atoms with Crippen LogP contribution in [0.2, 0.25) is 0 Å². The first-order valence-corrected chi connectivity index (χ1v) is 7.34. The number of rotatable bonds is 2. The largest absolute Gasteiger partial charge is 0.369 e. The summed E-state index contributed by atoms with van der Waals surface area (Å²) >= 11 is 0. The average Bonchev–Trinajstić information content (AvgIpc) is 2.47. The summed E-state index contributed by atoms with van der Waals surface area (Å²) in [7, 11) is 0. The fourth-order valence-electron chi connectivity index (χ4n) is 3.54. The zero-order valence-corrected chi connectivity index (χ0v) is 11.3. The Kier molecular flexibility index (Phi) is 3.56. The van der Waals surface area contributed by atoms with Crippen LogP contribution in [-0.2, 0) is 17.6 Å². The third-order valence-corrected chi connectivity index (χ3v) is 4.77. The summed E-state index contributed by atoms with van der Waals surface area (Å²) < 4.78 is 0. The summed E-state index contributed by atoms with van der Waals surface area (Å²) in [5.74, 6) is -0.0132. The average molecular weight is 258 g/mol. The van der Waals surface area contributed by atoms with Crippen LogP contribution in [0, 0.1) is 5.92 Å². The van der Waals surface area contributed by atoms with Crippen molar-refractivity contribution in [2.75, 3.05) is 13.1 Å². The molecule has 1 aliphatic heterocycles. The molecule has 0 radical (unpaired) electrons. The second kappa shape index (κ2) is 5.33. The van der Waals surface area contributed by atoms with Gasteiger partial charge in [-0.3, -0.25) is 9.69 Å². The van der Waals surface area contributed by atoms with E-state index in [4.69, 9.17) is 5.73 Å². The Hall–Kier alpha value is -1.35. The van der Waals surface area contributed by atoms with Crippen LogP contribution < -0.4 is 5.73 Å². The topological polar surface area (TPSA) is 46.3 Å². The van der Waals surface area contributed by atoms with Gasteiger partial charge in [-0.15, -0.1) is 0 Å². The van der Waals surface area contributed by atoms with Crippen LogP contribution in [0.25, 0.3) is 0 Å². The van der Waals surface area contributed by atoms with E-state index in [1.165, 1.54) is 24.0 Å². The molecule has 3 heteroatoms. The molecule has 3 rings (SSSR count). The lowest BCUT2D eigenvalue weighted by molar-refractivity contribution is -0.123. The van der Waals surface area contributed by atoms with Crippen LogP contribution in [0.5, 0.6) is 0 Å². The van der Waals surface area contributed by atoms with Crippen molar-refractivity contribution < 1.29 is 4.79 Å². The quantitative estimate of drug-likeness (QED) is 0.878. The van der Waals surface area contributed by atoms with E-state index >= 15 is 0 Å². The van der Waals surface area contributed by atoms with Gasteiger partial charge < -0.3 is 5.73 Å². The predicted octanol–water partition coefficient (Wildman–Crippen LogP) is 1.74. The van der Waals surface area contributed by atoms with Gasteiger partial charge in [-0.25, -0.2) is 0 Å². The first-order chi connectivity index (χ1) is 9.24. The van der Waals surface area contributed by atoms with Crippen LogP contribution in [0.3, 0.4) is 0 Å². The molecule has 0 unspecified atom stereocenters. The van der Waals surface area contributed by atoms with Gasteiger partial charge in [0.25, 0.3) is 0 Å². The minimum Gasteiger partial charge on any atom is -0.369 e. The van der Waals surface area contributed by atoms with Crippen molar-refractivity contribution in [2.45, 2.75) is 38.1 Å². The van der Waals surface area contributed by atoms with Gasteiger partial charge in [0.05, 0.1) is 0 Å². The Balaban J connectivity index is 1.62. The first-order valence-electron chi connectivity index (χ1n) is 7.34. The van der Waals surface area contributed by atoms with Gasteiger partial charge in [0, 0.05) is 12.0 Å². The number of aryl methyl sites for hydroxylation is 1. The Bertz CT molecular complexity index is 464. The lowest BCUT2D eigenvalue weighted by Crippen LogP contribution is -2.46. The minimum atomic E-state index is -0.117. The van der Waals surface area contributed by atoms with Crippen molar-refractivity contribution in [3.05, 3.63) is 35.4 Å². The van der Waals surface area contributed by atoms with Gasteiger partial charge in [-0.1, -0.05) is 24.3 Å². The SMILES string of the molecule is NC(=O)C1CCN([C@@H]2CCc3ccccc3C2)CC1. The summed E-state index contributed by atoms with van der Waals surface area (Å²) in [6.45, 7) is 2.06. The normalized spacial score (nSPS) is 24.9. The van der Waals surface area contributed by atoms with E-state index in [1.54, 1.807) is 0 Å². The van der Waals surface area contributed by atoms with E-state index in [0.717, 1.165) is 32.4 Å². The number of hydrogen-bond donors (Lipinski definition) is 1. The molecule has 0 saturated carbocycles. The Morgan fingerprint density at radius 3 is 2.47 bits per heavy atom. The van der Waals surface area contributed by atoms with Crippen molar-refractivity contribution in [3.63, 3.8) is 0 Å². The van der Waals surface area contributed by atoms with E-state index in [9.17, 15) is 4.79 Å². The van der Waals surface area contributed by atoms with Crippen molar-refractivity contribution in [3.8, 4) is 0 Å². The van der Waals surface area contributed by atoms with Gasteiger partial charge in [-0.2, -0.15) is 0 Å². The maximum absolute atomic E-state index is 11.2. The molecule has 2 N–H and O–H groups in total. The molecule has 102 valence electrons. The number of nitrogens with two attached hydrogens (primary N) is 1. The monoisotopic (exact) mass is 258 g/mol. The van der Waals surface area contributed by atoms with E-state index in [1.807, 2.05) is 0 Å². The van der Waals surface area contributed by atoms with Crippen LogP contribution in [0.1, 0.15) is 30.4 Å². The van der Waals surface area contributed by atoms with Crippen LogP contribution in [0.4, 0.5) is 0 Å². The zero-order chi connectivity index (χ0) is 13.2. The molecule has 0 bridgehead atoms. The Morgan fingerprint density at radius 2 is 1.79 bits per heavy atom. The third-order valence-electron chi connectivity index (χ3n) is 4.77. The second-order valence-corrected chi connectivity index (χ2v) is 5.88. The number of primary amides is 1. The number of piperidine rings is 1. The molecular weight excluding hydrogens is 236 g/mol. The summed E-state index contributed by atoms with van der Waals surface area (Å²) in [6, 6.07) is 9.45. The van der Waals surface area contributed by atoms with Gasteiger partial charge in [0.2, 0.25) is 5.91 Å². The van der Waals surface area contributed by atoms with Crippen LogP contribution in [0.15, 0.2) is 24.3 Å². The molecule has 1 aliphatic carbocycles. The molecule has 19 heavy (non-hydrogen) atoms. The fourth-order valence-corrected chi connectivity index (χ4v) is 3.54. The molecule has 1 aromatic rings. The number of hydrogen-bond acceptors (Lipinski definition) is 2. The number of amides is 1. The minimum absolute atomic E-state index is 0.104. The highest BCUT2D eigenvalue weighted by Crippen LogP contribution is 2.27. The van der Waals surface area contributed by atoms with E-state index < -0.39 is 0 Å². The highest BCUT2D eigenvalue weighted by molar-refractivity contribution is 5.76. The third kappa shape index (κ3) is 2.66. The molecule has 1 fully saturated rings. The molecule has 0 spiro atoms. The van der Waals surface area contributed by atoms with Crippen molar-refractivity contribution >= 4 is 5.91 Å². The predicted molar refractivity (Wildman–Crippen MR) is 75.7 cm³/mol. The van der Waals surface area contributed by atoms with Gasteiger partial charge in [-0.05, 0) is 56.3 Å². The van der Waals surface area contributed by atoms with Gasteiger partial charge in [0.1, 0.15) is 0 Å². The van der Waals surface area contributed by atoms with Crippen molar-refractivity contribution in [1.82, 2.24) is 4.90 Å². The van der Waals surface area contributed by atoms with E-state index in [0.29, 0.717) is 6.04 Å². The summed E-state index contributed by atoms with van der Waals surface area (Å²) in [5, 5.41) is 0. The Labute approximate surface area is 114 Å². The van der Waals surface area contributed by atoms with Crippen LogP contribution >= 0.6 is 0 Å². The summed E-state index contributed by atoms with van der Waals surface area (Å²) in [6.07, 6.45) is 5.48. The van der Waals surface area contributed by atoms with E-state index in [-0.39, 0.29) is 11.8 Å². The van der Waals surface area contributed by atoms with E-state index in [2.05, 4.69) is 29.2 Å². The number of likely N-dealkylation sites (tertiary alicyclic amines) is 1. The molecule has 2 aliphatic rings. The lowest BCUT2D eigenvalue weighted by atomic mass is 9.86.